The Morgan fingerprint density at radius 3 is 2.17 bits per heavy atom. The van der Waals surface area contributed by atoms with Crippen LogP contribution in [0.25, 0.3) is 0 Å². The first-order valence-electron chi connectivity index (χ1n) is 5.34. The van der Waals surface area contributed by atoms with Gasteiger partial charge in [-0.25, -0.2) is 9.36 Å². The minimum atomic E-state index is -4.20. The maximum atomic E-state index is 10.5. The Hall–Kier alpha value is -0.720. The number of aliphatic hydroxyl groups is 1. The molecular formula is C10H21O7P. The molecule has 18 heavy (non-hydrogen) atoms. The number of unbranched alkanes of at least 4 members (excludes halogenated alkanes) is 1. The average molecular weight is 284 g/mol. The Balaban J connectivity index is 0. The van der Waals surface area contributed by atoms with Gasteiger partial charge in [0.1, 0.15) is 0 Å². The van der Waals surface area contributed by atoms with E-state index in [0.717, 1.165) is 6.42 Å². The molecule has 0 heterocycles. The molecule has 108 valence electrons. The highest BCUT2D eigenvalue weighted by Crippen LogP contribution is 2.35. The van der Waals surface area contributed by atoms with Gasteiger partial charge in [0, 0.05) is 5.57 Å². The molecular weight excluding hydrogens is 263 g/mol. The van der Waals surface area contributed by atoms with E-state index in [4.69, 9.17) is 14.9 Å². The molecule has 0 aliphatic heterocycles. The monoisotopic (exact) mass is 284 g/mol. The smallest absolute Gasteiger partial charge is 0.433 e. The molecule has 0 bridgehead atoms. The number of hydrogen-bond donors (Lipinski definition) is 3. The van der Waals surface area contributed by atoms with Crippen molar-refractivity contribution in [1.29, 1.82) is 0 Å². The van der Waals surface area contributed by atoms with Crippen molar-refractivity contribution in [2.24, 2.45) is 0 Å². The van der Waals surface area contributed by atoms with E-state index in [1.807, 2.05) is 6.92 Å². The lowest BCUT2D eigenvalue weighted by atomic mass is 10.4. The molecule has 0 saturated heterocycles. The summed E-state index contributed by atoms with van der Waals surface area (Å²) in [5, 5.41) is 8.49. The van der Waals surface area contributed by atoms with E-state index in [2.05, 4.69) is 15.8 Å². The minimum absolute atomic E-state index is 0.140. The number of carbonyl (C=O) groups excluding carboxylic acids is 1. The predicted molar refractivity (Wildman–Crippen MR) is 65.5 cm³/mol. The Morgan fingerprint density at radius 2 is 1.94 bits per heavy atom. The molecule has 1 atom stereocenters. The molecule has 7 nitrogen and oxygen atoms in total. The van der Waals surface area contributed by atoms with Crippen molar-refractivity contribution in [2.45, 2.75) is 39.9 Å². The number of aliphatic hydroxyl groups excluding tert-OH is 1. The predicted octanol–water partition coefficient (Wildman–Crippen LogP) is 1.34. The van der Waals surface area contributed by atoms with Crippen LogP contribution in [0.1, 0.15) is 33.6 Å². The quantitative estimate of drug-likeness (QED) is 0.222. The van der Waals surface area contributed by atoms with Crippen LogP contribution < -0.4 is 0 Å². The lowest BCUT2D eigenvalue weighted by Crippen LogP contribution is -2.13. The number of carbonyl (C=O) groups is 1. The lowest BCUT2D eigenvalue weighted by Gasteiger charge is -2.04. The Morgan fingerprint density at radius 1 is 1.44 bits per heavy atom. The summed E-state index contributed by atoms with van der Waals surface area (Å²) in [6, 6.07) is 0. The summed E-state index contributed by atoms with van der Waals surface area (Å²) in [6.07, 6.45) is 0.514. The van der Waals surface area contributed by atoms with Gasteiger partial charge >= 0.3 is 13.8 Å². The minimum Gasteiger partial charge on any atom is -0.433 e. The number of rotatable bonds is 6. The van der Waals surface area contributed by atoms with Crippen LogP contribution in [-0.4, -0.2) is 33.8 Å². The summed E-state index contributed by atoms with van der Waals surface area (Å²) in [7, 11) is -4.20. The summed E-state index contributed by atoms with van der Waals surface area (Å²) in [5.74, 6) is -0.565. The maximum Gasteiger partial charge on any atom is 0.469 e. The van der Waals surface area contributed by atoms with Crippen LogP contribution in [0.5, 0.6) is 0 Å². The van der Waals surface area contributed by atoms with Crippen LogP contribution in [-0.2, 0) is 18.6 Å². The van der Waals surface area contributed by atoms with E-state index in [0.29, 0.717) is 6.42 Å². The molecule has 1 unspecified atom stereocenters. The standard InChI is InChI=1S/C6H10O3.C4H11O4P/c1-4(2)6(8)9-5(3)7;1-2-3-4-8-9(5,6)7/h5,7H,1H2,2-3H3;2-4H2,1H3,(H2,5,6,7). The van der Waals surface area contributed by atoms with Crippen molar-refractivity contribution in [1.82, 2.24) is 0 Å². The van der Waals surface area contributed by atoms with E-state index >= 15 is 0 Å². The van der Waals surface area contributed by atoms with Crippen LogP contribution in [0, 0.1) is 0 Å². The van der Waals surface area contributed by atoms with E-state index in [1.54, 1.807) is 0 Å². The third kappa shape index (κ3) is 17.7. The number of esters is 1. The number of phosphoric acid groups is 1. The van der Waals surface area contributed by atoms with Crippen molar-refractivity contribution in [3.8, 4) is 0 Å². The van der Waals surface area contributed by atoms with Gasteiger partial charge in [0.2, 0.25) is 0 Å². The van der Waals surface area contributed by atoms with Gasteiger partial charge in [-0.05, 0) is 20.3 Å². The summed E-state index contributed by atoms with van der Waals surface area (Å²) in [4.78, 5) is 26.7. The van der Waals surface area contributed by atoms with Crippen LogP contribution in [0.3, 0.4) is 0 Å². The fourth-order valence-electron chi connectivity index (χ4n) is 0.583. The number of hydrogen-bond acceptors (Lipinski definition) is 5. The van der Waals surface area contributed by atoms with Crippen molar-refractivity contribution < 1.29 is 33.5 Å². The molecule has 0 aromatic carbocycles. The van der Waals surface area contributed by atoms with Crippen LogP contribution in [0.15, 0.2) is 12.2 Å². The number of phosphoric ester groups is 1. The highest BCUT2D eigenvalue weighted by Gasteiger charge is 2.11. The molecule has 8 heteroatoms. The third-order valence-corrected chi connectivity index (χ3v) is 1.90. The zero-order chi connectivity index (χ0) is 14.8. The first kappa shape index (κ1) is 19.6. The molecule has 0 aliphatic carbocycles. The Bertz CT molecular complexity index is 295. The lowest BCUT2D eigenvalue weighted by molar-refractivity contribution is -0.159. The first-order valence-corrected chi connectivity index (χ1v) is 6.87. The van der Waals surface area contributed by atoms with E-state index in [9.17, 15) is 9.36 Å². The van der Waals surface area contributed by atoms with Crippen LogP contribution >= 0.6 is 7.82 Å². The van der Waals surface area contributed by atoms with Gasteiger partial charge < -0.3 is 19.6 Å². The molecule has 0 rings (SSSR count). The van der Waals surface area contributed by atoms with E-state index < -0.39 is 20.1 Å². The molecule has 0 spiro atoms. The second-order valence-electron chi connectivity index (χ2n) is 3.46. The van der Waals surface area contributed by atoms with Crippen molar-refractivity contribution in [3.63, 3.8) is 0 Å². The highest BCUT2D eigenvalue weighted by atomic mass is 31.2. The van der Waals surface area contributed by atoms with Gasteiger partial charge in [-0.3, -0.25) is 4.52 Å². The molecule has 0 saturated carbocycles. The average Bonchev–Trinajstić information content (AvgIpc) is 2.16. The number of ether oxygens (including phenoxy) is 1. The molecule has 0 aromatic rings. The third-order valence-electron chi connectivity index (χ3n) is 1.38. The van der Waals surface area contributed by atoms with Gasteiger partial charge in [0.25, 0.3) is 0 Å². The van der Waals surface area contributed by atoms with Gasteiger partial charge in [-0.2, -0.15) is 0 Å². The second kappa shape index (κ2) is 10.2. The summed E-state index contributed by atoms with van der Waals surface area (Å²) >= 11 is 0. The van der Waals surface area contributed by atoms with Gasteiger partial charge in [-0.15, -0.1) is 0 Å². The maximum absolute atomic E-state index is 10.5. The van der Waals surface area contributed by atoms with E-state index in [1.165, 1.54) is 13.8 Å². The summed E-state index contributed by atoms with van der Waals surface area (Å²) in [6.45, 7) is 8.26. The summed E-state index contributed by atoms with van der Waals surface area (Å²) < 4.78 is 18.4. The largest absolute Gasteiger partial charge is 0.469 e. The second-order valence-corrected chi connectivity index (χ2v) is 4.70. The molecule has 0 fully saturated rings. The molecule has 3 N–H and O–H groups in total. The molecule has 0 amide bonds. The zero-order valence-electron chi connectivity index (χ0n) is 10.8. The van der Waals surface area contributed by atoms with Gasteiger partial charge in [-0.1, -0.05) is 19.9 Å². The SMILES string of the molecule is C=C(C)C(=O)OC(C)O.CCCCOP(=O)(O)O. The van der Waals surface area contributed by atoms with E-state index in [-0.39, 0.29) is 12.2 Å². The first-order chi connectivity index (χ1) is 8.10. The summed E-state index contributed by atoms with van der Waals surface area (Å²) in [5.41, 5.74) is 0.288. The van der Waals surface area contributed by atoms with Crippen molar-refractivity contribution in [2.75, 3.05) is 6.61 Å². The zero-order valence-corrected chi connectivity index (χ0v) is 11.7. The van der Waals surface area contributed by atoms with Crippen LogP contribution in [0.4, 0.5) is 0 Å². The Labute approximate surface area is 107 Å². The molecule has 0 aliphatic rings. The van der Waals surface area contributed by atoms with Gasteiger partial charge in [0.15, 0.2) is 6.29 Å². The molecule has 0 radical (unpaired) electrons. The fourth-order valence-corrected chi connectivity index (χ4v) is 0.950. The molecule has 0 aromatic heterocycles. The van der Waals surface area contributed by atoms with Crippen molar-refractivity contribution in [3.05, 3.63) is 12.2 Å². The van der Waals surface area contributed by atoms with Gasteiger partial charge in [0.05, 0.1) is 6.61 Å². The topological polar surface area (TPSA) is 113 Å². The van der Waals surface area contributed by atoms with Crippen molar-refractivity contribution >= 4 is 13.8 Å². The van der Waals surface area contributed by atoms with Crippen LogP contribution in [0.2, 0.25) is 0 Å². The normalized spacial score (nSPS) is 12.1. The highest BCUT2D eigenvalue weighted by molar-refractivity contribution is 7.46. The fraction of sp³-hybridized carbons (Fsp3) is 0.700. The Kier molecular flexibility index (Phi) is 11.1.